The first-order chi connectivity index (χ1) is 12.1. The van der Waals surface area contributed by atoms with Gasteiger partial charge in [0.05, 0.1) is 11.3 Å². The third-order valence-corrected chi connectivity index (χ3v) is 4.85. The fraction of sp³-hybridized carbons (Fsp3) is 0.400. The molecule has 1 aliphatic heterocycles. The predicted octanol–water partition coefficient (Wildman–Crippen LogP) is 3.35. The molecule has 0 unspecified atom stereocenters. The lowest BCUT2D eigenvalue weighted by molar-refractivity contribution is 0.0752. The van der Waals surface area contributed by atoms with E-state index >= 15 is 0 Å². The lowest BCUT2D eigenvalue weighted by atomic mass is 10.1. The largest absolute Gasteiger partial charge is 0.338 e. The van der Waals surface area contributed by atoms with Gasteiger partial charge in [-0.1, -0.05) is 18.2 Å². The maximum atomic E-state index is 13.9. The summed E-state index contributed by atoms with van der Waals surface area (Å²) in [5.74, 6) is -0.647. The van der Waals surface area contributed by atoms with Crippen LogP contribution in [0.2, 0.25) is 0 Å². The van der Waals surface area contributed by atoms with Crippen LogP contribution >= 0.6 is 0 Å². The second kappa shape index (κ2) is 8.21. The molecule has 1 aromatic carbocycles. The Balaban J connectivity index is 1.60. The molecule has 1 fully saturated rings. The van der Waals surface area contributed by atoms with Crippen molar-refractivity contribution in [2.24, 2.45) is 0 Å². The van der Waals surface area contributed by atoms with Crippen molar-refractivity contribution in [1.82, 2.24) is 14.8 Å². The molecule has 5 heteroatoms. The fourth-order valence-electron chi connectivity index (χ4n) is 3.40. The van der Waals surface area contributed by atoms with Crippen molar-refractivity contribution in [3.8, 4) is 0 Å². The Labute approximate surface area is 148 Å². The number of carbonyl (C=O) groups is 1. The Morgan fingerprint density at radius 3 is 2.76 bits per heavy atom. The number of benzene rings is 1. The van der Waals surface area contributed by atoms with Gasteiger partial charge in [0.1, 0.15) is 5.82 Å². The number of aromatic nitrogens is 1. The SMILES string of the molecule is CN(Cc1ccccn1)[C@H]1CCCN(C(=O)c2ccccc2F)CC1. The number of halogens is 1. The van der Waals surface area contributed by atoms with Crippen molar-refractivity contribution >= 4 is 5.91 Å². The van der Waals surface area contributed by atoms with Crippen LogP contribution < -0.4 is 0 Å². The highest BCUT2D eigenvalue weighted by Gasteiger charge is 2.25. The number of nitrogens with zero attached hydrogens (tertiary/aromatic N) is 3. The summed E-state index contributed by atoms with van der Waals surface area (Å²) < 4.78 is 13.9. The van der Waals surface area contributed by atoms with Crippen LogP contribution in [0, 0.1) is 5.82 Å². The van der Waals surface area contributed by atoms with Gasteiger partial charge in [-0.3, -0.25) is 14.7 Å². The zero-order valence-corrected chi connectivity index (χ0v) is 14.6. The third-order valence-electron chi connectivity index (χ3n) is 4.85. The van der Waals surface area contributed by atoms with Crippen molar-refractivity contribution in [3.05, 3.63) is 65.7 Å². The Kier molecular flexibility index (Phi) is 5.76. The van der Waals surface area contributed by atoms with Gasteiger partial charge in [0.2, 0.25) is 0 Å². The molecule has 132 valence electrons. The maximum absolute atomic E-state index is 13.9. The summed E-state index contributed by atoms with van der Waals surface area (Å²) in [5, 5.41) is 0. The molecule has 4 nitrogen and oxygen atoms in total. The quantitative estimate of drug-likeness (QED) is 0.856. The molecule has 1 atom stereocenters. The summed E-state index contributed by atoms with van der Waals surface area (Å²) in [6.07, 6.45) is 4.66. The zero-order chi connectivity index (χ0) is 17.6. The molecule has 1 aliphatic rings. The van der Waals surface area contributed by atoms with Crippen LogP contribution in [0.25, 0.3) is 0 Å². The molecule has 25 heavy (non-hydrogen) atoms. The summed E-state index contributed by atoms with van der Waals surface area (Å²) in [4.78, 5) is 21.1. The molecule has 2 heterocycles. The normalized spacial score (nSPS) is 18.2. The summed E-state index contributed by atoms with van der Waals surface area (Å²) in [5.41, 5.74) is 1.22. The van der Waals surface area contributed by atoms with E-state index in [0.717, 1.165) is 31.5 Å². The van der Waals surface area contributed by atoms with Gasteiger partial charge in [-0.25, -0.2) is 4.39 Å². The first-order valence-corrected chi connectivity index (χ1v) is 8.79. The Bertz CT molecular complexity index is 707. The number of rotatable bonds is 4. The molecule has 0 aliphatic carbocycles. The first kappa shape index (κ1) is 17.5. The minimum absolute atomic E-state index is 0.169. The topological polar surface area (TPSA) is 36.4 Å². The molecule has 2 aromatic rings. The number of likely N-dealkylation sites (tertiary alicyclic amines) is 1. The highest BCUT2D eigenvalue weighted by molar-refractivity contribution is 5.94. The van der Waals surface area contributed by atoms with Crippen molar-refractivity contribution < 1.29 is 9.18 Å². The van der Waals surface area contributed by atoms with Crippen LogP contribution in [0.15, 0.2) is 48.7 Å². The minimum Gasteiger partial charge on any atom is -0.338 e. The van der Waals surface area contributed by atoms with Crippen LogP contribution in [0.3, 0.4) is 0 Å². The Morgan fingerprint density at radius 2 is 2.00 bits per heavy atom. The molecule has 0 N–H and O–H groups in total. The Hall–Kier alpha value is -2.27. The maximum Gasteiger partial charge on any atom is 0.256 e. The lowest BCUT2D eigenvalue weighted by Gasteiger charge is -2.27. The second-order valence-electron chi connectivity index (χ2n) is 6.59. The van der Waals surface area contributed by atoms with Gasteiger partial charge in [-0.2, -0.15) is 0 Å². The van der Waals surface area contributed by atoms with E-state index in [1.165, 1.54) is 6.07 Å². The molecule has 0 saturated carbocycles. The van der Waals surface area contributed by atoms with Gasteiger partial charge in [0.15, 0.2) is 0 Å². The molecule has 1 saturated heterocycles. The standard InChI is InChI=1S/C20H24FN3O/c1-23(15-16-7-4-5-12-22-16)17-8-6-13-24(14-11-17)20(25)18-9-2-3-10-19(18)21/h2-5,7,9-10,12,17H,6,8,11,13-15H2,1H3/t17-/m0/s1. The van der Waals surface area contributed by atoms with Gasteiger partial charge >= 0.3 is 0 Å². The Morgan fingerprint density at radius 1 is 1.20 bits per heavy atom. The van der Waals surface area contributed by atoms with Gasteiger partial charge in [-0.05, 0) is 50.6 Å². The number of carbonyl (C=O) groups excluding carboxylic acids is 1. The van der Waals surface area contributed by atoms with Gasteiger partial charge in [0.25, 0.3) is 5.91 Å². The number of amides is 1. The fourth-order valence-corrected chi connectivity index (χ4v) is 3.40. The van der Waals surface area contributed by atoms with Crippen molar-refractivity contribution in [3.63, 3.8) is 0 Å². The summed E-state index contributed by atoms with van der Waals surface area (Å²) in [7, 11) is 2.10. The molecule has 0 spiro atoms. The van der Waals surface area contributed by atoms with Crippen molar-refractivity contribution in [1.29, 1.82) is 0 Å². The summed E-state index contributed by atoms with van der Waals surface area (Å²) in [6, 6.07) is 12.6. The third kappa shape index (κ3) is 4.42. The van der Waals surface area contributed by atoms with Gasteiger partial charge < -0.3 is 4.90 Å². The number of pyridine rings is 1. The van der Waals surface area contributed by atoms with E-state index < -0.39 is 5.82 Å². The molecule has 1 aromatic heterocycles. The molecule has 1 amide bonds. The lowest BCUT2D eigenvalue weighted by Crippen LogP contribution is -2.35. The van der Waals surface area contributed by atoms with Crippen LogP contribution in [-0.4, -0.2) is 46.9 Å². The molecule has 3 rings (SSSR count). The highest BCUT2D eigenvalue weighted by Crippen LogP contribution is 2.19. The average Bonchev–Trinajstić information content (AvgIpc) is 2.89. The number of hydrogen-bond donors (Lipinski definition) is 0. The van der Waals surface area contributed by atoms with E-state index in [4.69, 9.17) is 0 Å². The number of hydrogen-bond acceptors (Lipinski definition) is 3. The monoisotopic (exact) mass is 341 g/mol. The van der Waals surface area contributed by atoms with Gasteiger partial charge in [-0.15, -0.1) is 0 Å². The van der Waals surface area contributed by atoms with E-state index in [-0.39, 0.29) is 11.5 Å². The van der Waals surface area contributed by atoms with E-state index in [0.29, 0.717) is 19.1 Å². The highest BCUT2D eigenvalue weighted by atomic mass is 19.1. The summed E-state index contributed by atoms with van der Waals surface area (Å²) >= 11 is 0. The van der Waals surface area contributed by atoms with Crippen LogP contribution in [-0.2, 0) is 6.54 Å². The molecular formula is C20H24FN3O. The molecule has 0 radical (unpaired) electrons. The smallest absolute Gasteiger partial charge is 0.256 e. The predicted molar refractivity (Wildman–Crippen MR) is 95.6 cm³/mol. The minimum atomic E-state index is -0.444. The van der Waals surface area contributed by atoms with Crippen LogP contribution in [0.1, 0.15) is 35.3 Å². The van der Waals surface area contributed by atoms with Crippen LogP contribution in [0.4, 0.5) is 4.39 Å². The molecule has 0 bridgehead atoms. The van der Waals surface area contributed by atoms with E-state index in [1.54, 1.807) is 23.1 Å². The van der Waals surface area contributed by atoms with Crippen molar-refractivity contribution in [2.45, 2.75) is 31.8 Å². The van der Waals surface area contributed by atoms with Crippen molar-refractivity contribution in [2.75, 3.05) is 20.1 Å². The van der Waals surface area contributed by atoms with E-state index in [2.05, 4.69) is 16.9 Å². The summed E-state index contributed by atoms with van der Waals surface area (Å²) in [6.45, 7) is 2.14. The molecular weight excluding hydrogens is 317 g/mol. The van der Waals surface area contributed by atoms with Gasteiger partial charge in [0, 0.05) is 31.9 Å². The zero-order valence-electron chi connectivity index (χ0n) is 14.6. The van der Waals surface area contributed by atoms with E-state index in [1.807, 2.05) is 24.4 Å². The second-order valence-corrected chi connectivity index (χ2v) is 6.59. The van der Waals surface area contributed by atoms with E-state index in [9.17, 15) is 9.18 Å². The van der Waals surface area contributed by atoms with Crippen LogP contribution in [0.5, 0.6) is 0 Å². The average molecular weight is 341 g/mol. The first-order valence-electron chi connectivity index (χ1n) is 8.79.